The zero-order chi connectivity index (χ0) is 38.1. The molecule has 0 radical (unpaired) electrons. The Labute approximate surface area is 333 Å². The number of furan rings is 1. The topological polar surface area (TPSA) is 16.4 Å². The molecule has 1 heterocycles. The maximum atomic E-state index is 6.58. The summed E-state index contributed by atoms with van der Waals surface area (Å²) in [5.41, 5.74) is 18.1. The molecule has 2 aliphatic carbocycles. The minimum Gasteiger partial charge on any atom is -0.455 e. The van der Waals surface area contributed by atoms with E-state index in [0.29, 0.717) is 0 Å². The van der Waals surface area contributed by atoms with E-state index in [2.05, 4.69) is 207 Å². The fourth-order valence-corrected chi connectivity index (χ4v) is 9.50. The first-order chi connectivity index (χ1) is 28.0. The molecule has 0 amide bonds. The van der Waals surface area contributed by atoms with Crippen molar-refractivity contribution in [3.8, 4) is 33.4 Å². The quantitative estimate of drug-likeness (QED) is 0.169. The predicted molar refractivity (Wildman–Crippen MR) is 240 cm³/mol. The van der Waals surface area contributed by atoms with Gasteiger partial charge in [0.15, 0.2) is 0 Å². The van der Waals surface area contributed by atoms with Gasteiger partial charge in [0.2, 0.25) is 0 Å². The Hall–Kier alpha value is -6.90. The Morgan fingerprint density at radius 3 is 1.88 bits per heavy atom. The Bertz CT molecular complexity index is 3070. The van der Waals surface area contributed by atoms with Gasteiger partial charge in [0.05, 0.1) is 5.69 Å². The SMILES string of the molecule is CC1(C)c2cc(-c3ccc(N(C4=CC=C(c5ccccc5)CC4)c4ccc(-c5ccccc5)cc4)c4ccccc34)ccc2-c2c1ccc1c2oc2ccccc21. The molecule has 0 aliphatic heterocycles. The van der Waals surface area contributed by atoms with Crippen LogP contribution in [-0.2, 0) is 5.41 Å². The molecule has 272 valence electrons. The molecule has 2 heteroatoms. The van der Waals surface area contributed by atoms with Crippen LogP contribution in [0.15, 0.2) is 198 Å². The number of fused-ring (bicyclic) bond motifs is 8. The monoisotopic (exact) mass is 731 g/mol. The van der Waals surface area contributed by atoms with E-state index in [9.17, 15) is 0 Å². The van der Waals surface area contributed by atoms with Gasteiger partial charge in [0.25, 0.3) is 0 Å². The zero-order valence-electron chi connectivity index (χ0n) is 32.2. The van der Waals surface area contributed by atoms with Crippen molar-refractivity contribution in [1.82, 2.24) is 0 Å². The van der Waals surface area contributed by atoms with Crippen LogP contribution in [0.5, 0.6) is 0 Å². The van der Waals surface area contributed by atoms with E-state index in [0.717, 1.165) is 29.7 Å². The lowest BCUT2D eigenvalue weighted by atomic mass is 9.81. The number of rotatable bonds is 6. The van der Waals surface area contributed by atoms with Crippen molar-refractivity contribution in [2.75, 3.05) is 4.90 Å². The van der Waals surface area contributed by atoms with Crippen molar-refractivity contribution >= 4 is 49.7 Å². The Kier molecular flexibility index (Phi) is 7.69. The van der Waals surface area contributed by atoms with Crippen LogP contribution in [0.3, 0.4) is 0 Å². The molecule has 57 heavy (non-hydrogen) atoms. The average Bonchev–Trinajstić information content (AvgIpc) is 3.76. The summed E-state index contributed by atoms with van der Waals surface area (Å²) in [6, 6.07) is 64.1. The molecule has 9 aromatic rings. The molecular formula is C55H41NO. The molecule has 0 fully saturated rings. The lowest BCUT2D eigenvalue weighted by Crippen LogP contribution is -2.18. The van der Waals surface area contributed by atoms with Crippen molar-refractivity contribution in [2.24, 2.45) is 0 Å². The van der Waals surface area contributed by atoms with Gasteiger partial charge in [0, 0.05) is 38.5 Å². The second-order valence-electron chi connectivity index (χ2n) is 16.0. The fraction of sp³-hybridized carbons (Fsp3) is 0.0909. The summed E-state index contributed by atoms with van der Waals surface area (Å²) in [6.07, 6.45) is 6.58. The van der Waals surface area contributed by atoms with Crippen molar-refractivity contribution < 1.29 is 4.42 Å². The third-order valence-electron chi connectivity index (χ3n) is 12.4. The van der Waals surface area contributed by atoms with Crippen LogP contribution < -0.4 is 4.90 Å². The van der Waals surface area contributed by atoms with E-state index in [1.807, 2.05) is 0 Å². The van der Waals surface area contributed by atoms with Gasteiger partial charge in [-0.3, -0.25) is 0 Å². The zero-order valence-corrected chi connectivity index (χ0v) is 32.2. The number of hydrogen-bond acceptors (Lipinski definition) is 2. The number of hydrogen-bond donors (Lipinski definition) is 0. The lowest BCUT2D eigenvalue weighted by Gasteiger charge is -2.31. The molecule has 1 aromatic heterocycles. The Balaban J connectivity index is 1.04. The molecule has 2 nitrogen and oxygen atoms in total. The number of anilines is 2. The van der Waals surface area contributed by atoms with Crippen molar-refractivity contribution in [2.45, 2.75) is 32.1 Å². The highest BCUT2D eigenvalue weighted by molar-refractivity contribution is 6.12. The molecule has 0 N–H and O–H groups in total. The molecule has 0 saturated carbocycles. The van der Waals surface area contributed by atoms with Crippen LogP contribution in [0.25, 0.3) is 71.7 Å². The summed E-state index contributed by atoms with van der Waals surface area (Å²) in [4.78, 5) is 2.49. The van der Waals surface area contributed by atoms with Crippen LogP contribution >= 0.6 is 0 Å². The maximum Gasteiger partial charge on any atom is 0.143 e. The number of allylic oxidation sites excluding steroid dienone is 4. The molecule has 8 aromatic carbocycles. The van der Waals surface area contributed by atoms with Crippen LogP contribution in [0.4, 0.5) is 11.4 Å². The molecule has 0 bridgehead atoms. The minimum absolute atomic E-state index is 0.175. The first-order valence-electron chi connectivity index (χ1n) is 20.1. The van der Waals surface area contributed by atoms with Gasteiger partial charge < -0.3 is 9.32 Å². The lowest BCUT2D eigenvalue weighted by molar-refractivity contribution is 0.653. The van der Waals surface area contributed by atoms with Gasteiger partial charge in [-0.05, 0) is 105 Å². The summed E-state index contributed by atoms with van der Waals surface area (Å²) in [5, 5.41) is 4.82. The minimum atomic E-state index is -0.175. The van der Waals surface area contributed by atoms with Crippen molar-refractivity contribution in [3.63, 3.8) is 0 Å². The van der Waals surface area contributed by atoms with Crippen LogP contribution in [0.2, 0.25) is 0 Å². The molecule has 11 rings (SSSR count). The first-order valence-corrected chi connectivity index (χ1v) is 20.1. The van der Waals surface area contributed by atoms with Gasteiger partial charge >= 0.3 is 0 Å². The van der Waals surface area contributed by atoms with Gasteiger partial charge in [-0.2, -0.15) is 0 Å². The number of para-hydroxylation sites is 1. The summed E-state index contributed by atoms with van der Waals surface area (Å²) in [5.74, 6) is 0. The van der Waals surface area contributed by atoms with E-state index >= 15 is 0 Å². The van der Waals surface area contributed by atoms with Crippen LogP contribution in [-0.4, -0.2) is 0 Å². The first kappa shape index (κ1) is 33.4. The molecular weight excluding hydrogens is 691 g/mol. The van der Waals surface area contributed by atoms with Gasteiger partial charge in [-0.1, -0.05) is 166 Å². The highest BCUT2D eigenvalue weighted by Gasteiger charge is 2.38. The Morgan fingerprint density at radius 2 is 1.12 bits per heavy atom. The molecule has 0 unspecified atom stereocenters. The molecule has 0 atom stereocenters. The third-order valence-corrected chi connectivity index (χ3v) is 12.4. The summed E-state index contributed by atoms with van der Waals surface area (Å²) < 4.78 is 6.58. The van der Waals surface area contributed by atoms with Crippen molar-refractivity contribution in [1.29, 1.82) is 0 Å². The maximum absolute atomic E-state index is 6.58. The van der Waals surface area contributed by atoms with Crippen LogP contribution in [0, 0.1) is 0 Å². The van der Waals surface area contributed by atoms with Gasteiger partial charge in [-0.15, -0.1) is 0 Å². The van der Waals surface area contributed by atoms with E-state index in [4.69, 9.17) is 4.42 Å². The molecule has 0 saturated heterocycles. The highest BCUT2D eigenvalue weighted by atomic mass is 16.3. The highest BCUT2D eigenvalue weighted by Crippen LogP contribution is 2.54. The Morgan fingerprint density at radius 1 is 0.474 bits per heavy atom. The van der Waals surface area contributed by atoms with Crippen LogP contribution in [0.1, 0.15) is 43.4 Å². The average molecular weight is 732 g/mol. The van der Waals surface area contributed by atoms with Gasteiger partial charge in [0.1, 0.15) is 11.2 Å². The standard InChI is InChI=1S/C55H41NO/c1-55(2)49-33-31-47-46-19-11-12-20-52(46)57-54(47)53(49)48-30-25-40(35-50(48)55)43-32-34-51(45-18-10-9-17-44(43)45)56(41-26-21-38(22-27-41)36-13-5-3-6-14-36)42-28-23-39(24-29-42)37-15-7-4-8-16-37/h3-23,25-28,30-35H,24,29H2,1-2H3. The summed E-state index contributed by atoms with van der Waals surface area (Å²) >= 11 is 0. The number of benzene rings is 8. The van der Waals surface area contributed by atoms with E-state index in [-0.39, 0.29) is 5.41 Å². The largest absolute Gasteiger partial charge is 0.455 e. The molecule has 2 aliphatic rings. The summed E-state index contributed by atoms with van der Waals surface area (Å²) in [7, 11) is 0. The van der Waals surface area contributed by atoms with E-state index < -0.39 is 0 Å². The summed E-state index contributed by atoms with van der Waals surface area (Å²) in [6.45, 7) is 4.71. The second-order valence-corrected chi connectivity index (χ2v) is 16.0. The predicted octanol–water partition coefficient (Wildman–Crippen LogP) is 15.3. The third kappa shape index (κ3) is 5.39. The number of nitrogens with zero attached hydrogens (tertiary/aromatic N) is 1. The fourth-order valence-electron chi connectivity index (χ4n) is 9.50. The normalized spacial score (nSPS) is 14.4. The smallest absolute Gasteiger partial charge is 0.143 e. The van der Waals surface area contributed by atoms with Gasteiger partial charge in [-0.25, -0.2) is 0 Å². The van der Waals surface area contributed by atoms with Crippen molar-refractivity contribution in [3.05, 3.63) is 210 Å². The molecule has 0 spiro atoms. The van der Waals surface area contributed by atoms with E-state index in [1.54, 1.807) is 0 Å². The second kappa shape index (κ2) is 13.1. The van der Waals surface area contributed by atoms with E-state index in [1.165, 1.54) is 88.6 Å².